The highest BCUT2D eigenvalue weighted by molar-refractivity contribution is 6.23. The van der Waals surface area contributed by atoms with Crippen LogP contribution in [0, 0.1) is 0 Å². The van der Waals surface area contributed by atoms with Crippen molar-refractivity contribution in [1.29, 1.82) is 0 Å². The van der Waals surface area contributed by atoms with Gasteiger partial charge in [-0.15, -0.1) is 0 Å². The lowest BCUT2D eigenvalue weighted by atomic mass is 10.0. The third-order valence-electron chi connectivity index (χ3n) is 3.48. The number of carbonyl (C=O) groups is 2. The van der Waals surface area contributed by atoms with Crippen LogP contribution < -0.4 is 5.69 Å². The van der Waals surface area contributed by atoms with E-state index in [9.17, 15) is 14.4 Å². The predicted molar refractivity (Wildman–Crippen MR) is 80.5 cm³/mol. The van der Waals surface area contributed by atoms with Crippen LogP contribution in [0.2, 0.25) is 0 Å². The smallest absolute Gasteiger partial charge is 0.300 e. The number of imide groups is 1. The molecule has 6 nitrogen and oxygen atoms in total. The van der Waals surface area contributed by atoms with Gasteiger partial charge >= 0.3 is 5.69 Å². The molecule has 0 saturated carbocycles. The first-order valence-electron chi connectivity index (χ1n) is 6.89. The lowest BCUT2D eigenvalue weighted by molar-refractivity contribution is 0.0506. The van der Waals surface area contributed by atoms with Crippen molar-refractivity contribution in [2.45, 2.75) is 26.3 Å². The molecule has 6 heteroatoms. The number of hydrogen-bond acceptors (Lipinski definition) is 4. The van der Waals surface area contributed by atoms with E-state index in [1.165, 1.54) is 0 Å². The Bertz CT molecular complexity index is 832. The number of carbonyl (C=O) groups excluding carboxylic acids is 2. The number of benzene rings is 1. The molecule has 2 heterocycles. The molecule has 0 spiro atoms. The van der Waals surface area contributed by atoms with Crippen molar-refractivity contribution in [3.8, 4) is 11.3 Å². The van der Waals surface area contributed by atoms with Gasteiger partial charge < -0.3 is 4.98 Å². The maximum Gasteiger partial charge on any atom is 0.346 e. The van der Waals surface area contributed by atoms with E-state index in [1.54, 1.807) is 45.0 Å². The second-order valence-corrected chi connectivity index (χ2v) is 6.12. The van der Waals surface area contributed by atoms with Crippen LogP contribution in [0.1, 0.15) is 41.6 Å². The summed E-state index contributed by atoms with van der Waals surface area (Å²) in [5, 5.41) is 0. The van der Waals surface area contributed by atoms with Gasteiger partial charge in [0.15, 0.2) is 0 Å². The molecule has 0 aliphatic carbocycles. The quantitative estimate of drug-likeness (QED) is 0.814. The van der Waals surface area contributed by atoms with E-state index in [2.05, 4.69) is 9.97 Å². The number of H-pyrrole nitrogens is 1. The van der Waals surface area contributed by atoms with E-state index < -0.39 is 23.0 Å². The second-order valence-electron chi connectivity index (χ2n) is 6.12. The molecule has 0 radical (unpaired) electrons. The number of nitrogens with one attached hydrogen (secondary N) is 1. The first kappa shape index (κ1) is 14.2. The molecule has 112 valence electrons. The molecule has 2 amide bonds. The molecule has 22 heavy (non-hydrogen) atoms. The van der Waals surface area contributed by atoms with E-state index in [0.29, 0.717) is 5.56 Å². The molecule has 1 aromatic heterocycles. The van der Waals surface area contributed by atoms with Gasteiger partial charge in [0.05, 0.1) is 11.3 Å². The number of fused-ring (bicyclic) bond motifs is 1. The van der Waals surface area contributed by atoms with Gasteiger partial charge in [0, 0.05) is 11.1 Å². The highest BCUT2D eigenvalue weighted by Crippen LogP contribution is 2.32. The minimum atomic E-state index is -0.683. The van der Waals surface area contributed by atoms with Gasteiger partial charge in [-0.2, -0.15) is 4.98 Å². The molecule has 1 aliphatic heterocycles. The average molecular weight is 297 g/mol. The Hall–Kier alpha value is -2.76. The Morgan fingerprint density at radius 2 is 1.64 bits per heavy atom. The van der Waals surface area contributed by atoms with Crippen LogP contribution in [0.5, 0.6) is 0 Å². The van der Waals surface area contributed by atoms with Gasteiger partial charge in [-0.25, -0.2) is 4.79 Å². The van der Waals surface area contributed by atoms with Gasteiger partial charge in [-0.3, -0.25) is 14.5 Å². The Balaban J connectivity index is 2.29. The Morgan fingerprint density at radius 1 is 1.00 bits per heavy atom. The second kappa shape index (κ2) is 4.62. The fourth-order valence-corrected chi connectivity index (χ4v) is 2.57. The minimum absolute atomic E-state index is 0.0128. The Morgan fingerprint density at radius 3 is 2.23 bits per heavy atom. The fraction of sp³-hybridized carbons (Fsp3) is 0.250. The van der Waals surface area contributed by atoms with Crippen LogP contribution in [-0.2, 0) is 0 Å². The molecular formula is C16H15N3O3. The maximum atomic E-state index is 12.7. The van der Waals surface area contributed by atoms with Crippen molar-refractivity contribution in [3.63, 3.8) is 0 Å². The van der Waals surface area contributed by atoms with Crippen molar-refractivity contribution in [3.05, 3.63) is 52.1 Å². The van der Waals surface area contributed by atoms with Crippen LogP contribution >= 0.6 is 0 Å². The SMILES string of the molecule is CC(C)(C)N1C(=O)c2[nH]c(=O)nc(-c3ccccc3)c2C1=O. The monoisotopic (exact) mass is 297 g/mol. The number of aromatic nitrogens is 2. The van der Waals surface area contributed by atoms with E-state index in [4.69, 9.17) is 0 Å². The number of aromatic amines is 1. The molecular weight excluding hydrogens is 282 g/mol. The molecule has 1 N–H and O–H groups in total. The van der Waals surface area contributed by atoms with E-state index in [1.807, 2.05) is 6.07 Å². The average Bonchev–Trinajstić information content (AvgIpc) is 2.70. The van der Waals surface area contributed by atoms with Gasteiger partial charge in [0.2, 0.25) is 0 Å². The van der Waals surface area contributed by atoms with Gasteiger partial charge in [-0.1, -0.05) is 30.3 Å². The molecule has 1 aromatic carbocycles. The lowest BCUT2D eigenvalue weighted by Gasteiger charge is -2.29. The van der Waals surface area contributed by atoms with Crippen LogP contribution in [0.15, 0.2) is 35.1 Å². The fourth-order valence-electron chi connectivity index (χ4n) is 2.57. The third-order valence-corrected chi connectivity index (χ3v) is 3.48. The summed E-state index contributed by atoms with van der Waals surface area (Å²) in [6.45, 7) is 5.30. The standard InChI is InChI=1S/C16H15N3O3/c1-16(2,3)19-13(20)10-11(9-7-5-4-6-8-9)17-15(22)18-12(10)14(19)21/h4-8H,1-3H3,(H,17,18,22). The Labute approximate surface area is 126 Å². The summed E-state index contributed by atoms with van der Waals surface area (Å²) in [4.78, 5) is 44.4. The topological polar surface area (TPSA) is 83.1 Å². The number of nitrogens with zero attached hydrogens (tertiary/aromatic N) is 2. The van der Waals surface area contributed by atoms with Gasteiger partial charge in [-0.05, 0) is 20.8 Å². The molecule has 2 aromatic rings. The van der Waals surface area contributed by atoms with Crippen molar-refractivity contribution < 1.29 is 9.59 Å². The van der Waals surface area contributed by atoms with Crippen LogP contribution in [0.3, 0.4) is 0 Å². The minimum Gasteiger partial charge on any atom is -0.300 e. The van der Waals surface area contributed by atoms with Gasteiger partial charge in [0.25, 0.3) is 11.8 Å². The summed E-state index contributed by atoms with van der Waals surface area (Å²) in [6, 6.07) is 8.89. The molecule has 0 atom stereocenters. The van der Waals surface area contributed by atoms with Crippen LogP contribution in [-0.4, -0.2) is 32.2 Å². The summed E-state index contributed by atoms with van der Waals surface area (Å²) in [5.41, 5.74) is -0.289. The summed E-state index contributed by atoms with van der Waals surface area (Å²) >= 11 is 0. The van der Waals surface area contributed by atoms with E-state index >= 15 is 0 Å². The summed E-state index contributed by atoms with van der Waals surface area (Å²) < 4.78 is 0. The van der Waals surface area contributed by atoms with Crippen molar-refractivity contribution in [2.24, 2.45) is 0 Å². The zero-order chi connectivity index (χ0) is 16.1. The normalized spacial score (nSPS) is 14.4. The molecule has 0 saturated heterocycles. The largest absolute Gasteiger partial charge is 0.346 e. The first-order valence-corrected chi connectivity index (χ1v) is 6.89. The van der Waals surface area contributed by atoms with E-state index in [-0.39, 0.29) is 17.0 Å². The molecule has 0 bridgehead atoms. The summed E-state index contributed by atoms with van der Waals surface area (Å²) in [6.07, 6.45) is 0. The number of hydrogen-bond donors (Lipinski definition) is 1. The van der Waals surface area contributed by atoms with Crippen molar-refractivity contribution in [1.82, 2.24) is 14.9 Å². The predicted octanol–water partition coefficient (Wildman–Crippen LogP) is 1.83. The van der Waals surface area contributed by atoms with Gasteiger partial charge in [0.1, 0.15) is 5.69 Å². The summed E-state index contributed by atoms with van der Waals surface area (Å²) in [5.74, 6) is -0.931. The summed E-state index contributed by atoms with van der Waals surface area (Å²) in [7, 11) is 0. The number of amides is 2. The third kappa shape index (κ3) is 2.04. The van der Waals surface area contributed by atoms with Crippen molar-refractivity contribution in [2.75, 3.05) is 0 Å². The van der Waals surface area contributed by atoms with Crippen molar-refractivity contribution >= 4 is 11.8 Å². The molecule has 0 fully saturated rings. The highest BCUT2D eigenvalue weighted by Gasteiger charge is 2.44. The Kier molecular flexibility index (Phi) is 2.98. The maximum absolute atomic E-state index is 12.7. The zero-order valence-electron chi connectivity index (χ0n) is 12.5. The van der Waals surface area contributed by atoms with E-state index in [0.717, 1.165) is 4.90 Å². The lowest BCUT2D eigenvalue weighted by Crippen LogP contribution is -2.45. The first-order chi connectivity index (χ1) is 10.3. The molecule has 0 unspecified atom stereocenters. The highest BCUT2D eigenvalue weighted by atomic mass is 16.2. The van der Waals surface area contributed by atoms with Crippen LogP contribution in [0.4, 0.5) is 0 Å². The zero-order valence-corrected chi connectivity index (χ0v) is 12.5. The number of rotatable bonds is 1. The molecule has 1 aliphatic rings. The van der Waals surface area contributed by atoms with Crippen LogP contribution in [0.25, 0.3) is 11.3 Å². The molecule has 3 rings (SSSR count).